The minimum Gasteiger partial charge on any atom is -0.360 e. The fourth-order valence-electron chi connectivity index (χ4n) is 1.05. The first-order valence-electron chi connectivity index (χ1n) is 4.96. The van der Waals surface area contributed by atoms with Gasteiger partial charge in [0.2, 0.25) is 0 Å². The summed E-state index contributed by atoms with van der Waals surface area (Å²) in [6.07, 6.45) is 0.404. The molecule has 1 aromatic rings. The molecule has 0 aliphatic rings. The van der Waals surface area contributed by atoms with Crippen LogP contribution in [0.15, 0.2) is 30.3 Å². The molecule has 0 aliphatic heterocycles. The molecule has 0 atom stereocenters. The van der Waals surface area contributed by atoms with E-state index in [0.29, 0.717) is 17.0 Å². The molecule has 0 radical (unpaired) electrons. The van der Waals surface area contributed by atoms with Crippen molar-refractivity contribution in [2.45, 2.75) is 13.3 Å². The number of primary amides is 1. The minimum absolute atomic E-state index is 0.119. The van der Waals surface area contributed by atoms with Crippen molar-refractivity contribution in [1.29, 1.82) is 0 Å². The molecule has 5 nitrogen and oxygen atoms in total. The van der Waals surface area contributed by atoms with E-state index in [-0.39, 0.29) is 5.05 Å². The fourth-order valence-corrected chi connectivity index (χ4v) is 1.13. The maximum absolute atomic E-state index is 11.9. The quantitative estimate of drug-likeness (QED) is 0.644. The van der Waals surface area contributed by atoms with Gasteiger partial charge < -0.3 is 10.6 Å². The summed E-state index contributed by atoms with van der Waals surface area (Å²) in [5.74, 6) is -0.645. The van der Waals surface area contributed by atoms with Crippen LogP contribution < -0.4 is 5.73 Å². The largest absolute Gasteiger partial charge is 0.360 e. The Morgan fingerprint density at radius 3 is 2.41 bits per heavy atom. The number of urea groups is 1. The van der Waals surface area contributed by atoms with Crippen LogP contribution in [-0.4, -0.2) is 22.1 Å². The van der Waals surface area contributed by atoms with Gasteiger partial charge >= 0.3 is 6.03 Å². The summed E-state index contributed by atoms with van der Waals surface area (Å²) >= 11 is 4.80. The maximum atomic E-state index is 11.9. The van der Waals surface area contributed by atoms with Crippen molar-refractivity contribution < 1.29 is 14.4 Å². The third-order valence-electron chi connectivity index (χ3n) is 1.89. The Morgan fingerprint density at radius 2 is 1.94 bits per heavy atom. The first-order valence-corrected chi connectivity index (χ1v) is 5.36. The Bertz CT molecular complexity index is 434. The molecule has 2 N–H and O–H groups in total. The van der Waals surface area contributed by atoms with E-state index in [1.54, 1.807) is 37.3 Å². The lowest BCUT2D eigenvalue weighted by Gasteiger charge is -2.18. The van der Waals surface area contributed by atoms with E-state index in [4.69, 9.17) is 22.8 Å². The molecule has 0 saturated carbocycles. The molecule has 0 saturated heterocycles. The second kappa shape index (κ2) is 5.95. The second-order valence-electron chi connectivity index (χ2n) is 3.12. The number of nitrogens with zero attached hydrogens (tertiary/aromatic N) is 1. The molecule has 0 spiro atoms. The normalized spacial score (nSPS) is 9.47. The number of hydrogen-bond acceptors (Lipinski definition) is 4. The SMILES string of the molecule is CCC(=S)ON(C(N)=O)C(=O)c1ccccc1. The number of carbonyl (C=O) groups is 2. The summed E-state index contributed by atoms with van der Waals surface area (Å²) in [5.41, 5.74) is 5.36. The van der Waals surface area contributed by atoms with Crippen LogP contribution in [0.4, 0.5) is 4.79 Å². The van der Waals surface area contributed by atoms with Gasteiger partial charge in [0.25, 0.3) is 5.91 Å². The first-order chi connectivity index (χ1) is 8.06. The Hall–Kier alpha value is -1.95. The summed E-state index contributed by atoms with van der Waals surface area (Å²) in [6.45, 7) is 1.74. The van der Waals surface area contributed by atoms with E-state index in [1.165, 1.54) is 0 Å². The minimum atomic E-state index is -1.00. The highest BCUT2D eigenvalue weighted by Crippen LogP contribution is 2.06. The lowest BCUT2D eigenvalue weighted by molar-refractivity contribution is -0.00790. The van der Waals surface area contributed by atoms with Gasteiger partial charge in [-0.05, 0) is 24.4 Å². The monoisotopic (exact) mass is 252 g/mol. The summed E-state index contributed by atoms with van der Waals surface area (Å²) in [5, 5.41) is 0.578. The molecular weight excluding hydrogens is 240 g/mol. The summed E-state index contributed by atoms with van der Waals surface area (Å²) in [7, 11) is 0. The Balaban J connectivity index is 2.89. The van der Waals surface area contributed by atoms with Gasteiger partial charge in [0.05, 0.1) is 0 Å². The highest BCUT2D eigenvalue weighted by molar-refractivity contribution is 7.80. The number of thiocarbonyl (C=S) groups is 1. The molecule has 17 heavy (non-hydrogen) atoms. The molecule has 0 unspecified atom stereocenters. The standard InChI is InChI=1S/C11H12N2O3S/c1-2-9(17)16-13(11(12)15)10(14)8-6-4-3-5-7-8/h3-7H,2H2,1H3,(H2,12,15). The zero-order valence-corrected chi connectivity index (χ0v) is 10.1. The van der Waals surface area contributed by atoms with Gasteiger partial charge in [0.1, 0.15) is 0 Å². The Morgan fingerprint density at radius 1 is 1.35 bits per heavy atom. The predicted octanol–water partition coefficient (Wildman–Crippen LogP) is 1.88. The number of imide groups is 1. The van der Waals surface area contributed by atoms with Crippen molar-refractivity contribution in [3.8, 4) is 0 Å². The fraction of sp³-hybridized carbons (Fsp3) is 0.182. The van der Waals surface area contributed by atoms with E-state index in [9.17, 15) is 9.59 Å². The van der Waals surface area contributed by atoms with Gasteiger partial charge in [-0.2, -0.15) is 0 Å². The summed E-state index contributed by atoms with van der Waals surface area (Å²) in [6, 6.07) is 7.19. The number of nitrogens with two attached hydrogens (primary N) is 1. The van der Waals surface area contributed by atoms with Crippen LogP contribution in [0.2, 0.25) is 0 Å². The van der Waals surface area contributed by atoms with Gasteiger partial charge in [-0.25, -0.2) is 4.79 Å². The van der Waals surface area contributed by atoms with Gasteiger partial charge in [0.15, 0.2) is 5.05 Å². The van der Waals surface area contributed by atoms with E-state index >= 15 is 0 Å². The van der Waals surface area contributed by atoms with Crippen LogP contribution in [0.3, 0.4) is 0 Å². The molecule has 3 amide bonds. The maximum Gasteiger partial charge on any atom is 0.355 e. The Kier molecular flexibility index (Phi) is 4.59. The van der Waals surface area contributed by atoms with Crippen LogP contribution in [0.5, 0.6) is 0 Å². The molecule has 0 aliphatic carbocycles. The van der Waals surface area contributed by atoms with Gasteiger partial charge in [-0.15, -0.1) is 0 Å². The van der Waals surface area contributed by atoms with E-state index in [1.807, 2.05) is 0 Å². The molecule has 90 valence electrons. The molecule has 0 fully saturated rings. The van der Waals surface area contributed by atoms with Crippen molar-refractivity contribution in [2.24, 2.45) is 5.73 Å². The molecule has 0 aromatic heterocycles. The highest BCUT2D eigenvalue weighted by atomic mass is 32.1. The van der Waals surface area contributed by atoms with Crippen LogP contribution in [0, 0.1) is 0 Å². The van der Waals surface area contributed by atoms with E-state index < -0.39 is 11.9 Å². The molecular formula is C11H12N2O3S. The first kappa shape index (κ1) is 13.1. The molecule has 1 rings (SSSR count). The van der Waals surface area contributed by atoms with Crippen molar-refractivity contribution in [3.63, 3.8) is 0 Å². The van der Waals surface area contributed by atoms with E-state index in [0.717, 1.165) is 0 Å². The van der Waals surface area contributed by atoms with Crippen molar-refractivity contribution in [1.82, 2.24) is 5.06 Å². The van der Waals surface area contributed by atoms with Crippen LogP contribution in [-0.2, 0) is 4.84 Å². The zero-order valence-electron chi connectivity index (χ0n) is 9.25. The summed E-state index contributed by atoms with van der Waals surface area (Å²) < 4.78 is 0. The number of hydroxylamine groups is 2. The molecule has 6 heteroatoms. The third-order valence-corrected chi connectivity index (χ3v) is 2.25. The zero-order chi connectivity index (χ0) is 12.8. The van der Waals surface area contributed by atoms with E-state index in [2.05, 4.69) is 0 Å². The Labute approximate surface area is 104 Å². The lowest BCUT2D eigenvalue weighted by atomic mass is 10.2. The predicted molar refractivity (Wildman–Crippen MR) is 66.2 cm³/mol. The van der Waals surface area contributed by atoms with Crippen molar-refractivity contribution in [3.05, 3.63) is 35.9 Å². The number of carbonyl (C=O) groups excluding carboxylic acids is 2. The number of hydrogen-bond donors (Lipinski definition) is 1. The molecule has 1 aromatic carbocycles. The van der Waals surface area contributed by atoms with Crippen LogP contribution >= 0.6 is 12.2 Å². The van der Waals surface area contributed by atoms with Gasteiger partial charge in [-0.1, -0.05) is 30.2 Å². The topological polar surface area (TPSA) is 72.6 Å². The second-order valence-corrected chi connectivity index (χ2v) is 3.58. The number of amides is 3. The van der Waals surface area contributed by atoms with Crippen LogP contribution in [0.25, 0.3) is 0 Å². The van der Waals surface area contributed by atoms with Crippen molar-refractivity contribution in [2.75, 3.05) is 0 Å². The number of benzene rings is 1. The average Bonchev–Trinajstić information content (AvgIpc) is 2.35. The number of rotatable bonds is 2. The summed E-state index contributed by atoms with van der Waals surface area (Å²) in [4.78, 5) is 27.9. The van der Waals surface area contributed by atoms with Gasteiger partial charge in [0, 0.05) is 12.0 Å². The van der Waals surface area contributed by atoms with Crippen molar-refractivity contribution >= 4 is 29.2 Å². The average molecular weight is 252 g/mol. The smallest absolute Gasteiger partial charge is 0.355 e. The highest BCUT2D eigenvalue weighted by Gasteiger charge is 2.23. The molecule has 0 heterocycles. The molecule has 0 bridgehead atoms. The van der Waals surface area contributed by atoms with Crippen LogP contribution in [0.1, 0.15) is 23.7 Å². The third kappa shape index (κ3) is 3.53. The lowest BCUT2D eigenvalue weighted by Crippen LogP contribution is -2.41. The van der Waals surface area contributed by atoms with Gasteiger partial charge in [-0.3, -0.25) is 4.79 Å².